The van der Waals surface area contributed by atoms with Gasteiger partial charge in [0.15, 0.2) is 0 Å². The first-order valence-electron chi connectivity index (χ1n) is 6.58. The number of piperazine rings is 1. The molecule has 1 saturated heterocycles. The molecule has 1 atom stereocenters. The van der Waals surface area contributed by atoms with Crippen LogP contribution in [-0.2, 0) is 9.53 Å². The highest BCUT2D eigenvalue weighted by atomic mass is 16.6. The number of rotatable bonds is 4. The number of hydrogen-bond donors (Lipinski definition) is 1. The fourth-order valence-corrected chi connectivity index (χ4v) is 1.96. The summed E-state index contributed by atoms with van der Waals surface area (Å²) >= 11 is 0. The average molecular weight is 242 g/mol. The van der Waals surface area contributed by atoms with Gasteiger partial charge in [-0.25, -0.2) is 0 Å². The Bertz CT molecular complexity index is 242. The van der Waals surface area contributed by atoms with E-state index in [9.17, 15) is 4.79 Å². The summed E-state index contributed by atoms with van der Waals surface area (Å²) < 4.78 is 5.45. The molecular formula is C13H26N2O2. The smallest absolute Gasteiger partial charge is 0.310 e. The molecule has 0 aromatic heterocycles. The van der Waals surface area contributed by atoms with Crippen molar-refractivity contribution in [2.75, 3.05) is 32.7 Å². The lowest BCUT2D eigenvalue weighted by Gasteiger charge is -2.31. The first-order valence-corrected chi connectivity index (χ1v) is 6.58. The number of hydrogen-bond acceptors (Lipinski definition) is 4. The molecule has 0 aromatic carbocycles. The molecule has 1 aliphatic heterocycles. The van der Waals surface area contributed by atoms with Crippen LogP contribution in [0.25, 0.3) is 0 Å². The van der Waals surface area contributed by atoms with Gasteiger partial charge in [-0.2, -0.15) is 0 Å². The van der Waals surface area contributed by atoms with E-state index in [1.807, 2.05) is 20.8 Å². The standard InChI is InChI=1S/C13H26N2O2/c1-5-11(12(16)17-13(2,3)4)10-15-8-6-14-7-9-15/h11,14H,5-10H2,1-4H3. The quantitative estimate of drug-likeness (QED) is 0.754. The van der Waals surface area contributed by atoms with Crippen LogP contribution in [0, 0.1) is 5.92 Å². The molecule has 1 heterocycles. The molecule has 0 aliphatic carbocycles. The van der Waals surface area contributed by atoms with Gasteiger partial charge in [0.05, 0.1) is 5.92 Å². The third-order valence-electron chi connectivity index (χ3n) is 2.92. The van der Waals surface area contributed by atoms with Crippen molar-refractivity contribution >= 4 is 5.97 Å². The van der Waals surface area contributed by atoms with Crippen LogP contribution in [0.5, 0.6) is 0 Å². The van der Waals surface area contributed by atoms with Crippen molar-refractivity contribution in [1.29, 1.82) is 0 Å². The highest BCUT2D eigenvalue weighted by Crippen LogP contribution is 2.15. The van der Waals surface area contributed by atoms with Crippen molar-refractivity contribution in [3.8, 4) is 0 Å². The Hall–Kier alpha value is -0.610. The molecule has 1 fully saturated rings. The van der Waals surface area contributed by atoms with Gasteiger partial charge in [0.1, 0.15) is 5.60 Å². The Morgan fingerprint density at radius 1 is 1.35 bits per heavy atom. The maximum atomic E-state index is 12.0. The summed E-state index contributed by atoms with van der Waals surface area (Å²) in [5, 5.41) is 3.32. The Morgan fingerprint density at radius 3 is 2.41 bits per heavy atom. The van der Waals surface area contributed by atoms with E-state index in [0.29, 0.717) is 0 Å². The van der Waals surface area contributed by atoms with Crippen molar-refractivity contribution in [3.63, 3.8) is 0 Å². The van der Waals surface area contributed by atoms with Crippen LogP contribution in [0.3, 0.4) is 0 Å². The van der Waals surface area contributed by atoms with Crippen LogP contribution in [-0.4, -0.2) is 49.2 Å². The van der Waals surface area contributed by atoms with Gasteiger partial charge >= 0.3 is 5.97 Å². The van der Waals surface area contributed by atoms with E-state index in [1.165, 1.54) is 0 Å². The molecular weight excluding hydrogens is 216 g/mol. The predicted molar refractivity (Wildman–Crippen MR) is 68.9 cm³/mol. The molecule has 4 heteroatoms. The summed E-state index contributed by atoms with van der Waals surface area (Å²) in [7, 11) is 0. The molecule has 1 aliphatic rings. The van der Waals surface area contributed by atoms with E-state index in [2.05, 4.69) is 17.1 Å². The predicted octanol–water partition coefficient (Wildman–Crippen LogP) is 1.26. The van der Waals surface area contributed by atoms with E-state index >= 15 is 0 Å². The second kappa shape index (κ2) is 6.36. The maximum Gasteiger partial charge on any atom is 0.310 e. The molecule has 0 aromatic rings. The zero-order valence-electron chi connectivity index (χ0n) is 11.6. The Labute approximate surface area is 105 Å². The molecule has 1 rings (SSSR count). The highest BCUT2D eigenvalue weighted by molar-refractivity contribution is 5.73. The molecule has 1 unspecified atom stereocenters. The largest absolute Gasteiger partial charge is 0.460 e. The minimum absolute atomic E-state index is 0.00678. The lowest BCUT2D eigenvalue weighted by atomic mass is 10.1. The Balaban J connectivity index is 2.43. The van der Waals surface area contributed by atoms with Crippen molar-refractivity contribution in [2.45, 2.75) is 39.7 Å². The Morgan fingerprint density at radius 2 is 1.94 bits per heavy atom. The highest BCUT2D eigenvalue weighted by Gasteiger charge is 2.26. The van der Waals surface area contributed by atoms with Crippen LogP contribution in [0.4, 0.5) is 0 Å². The van der Waals surface area contributed by atoms with Gasteiger partial charge in [0, 0.05) is 32.7 Å². The molecule has 17 heavy (non-hydrogen) atoms. The topological polar surface area (TPSA) is 41.6 Å². The van der Waals surface area contributed by atoms with Crippen LogP contribution < -0.4 is 5.32 Å². The number of esters is 1. The lowest BCUT2D eigenvalue weighted by Crippen LogP contribution is -2.46. The SMILES string of the molecule is CCC(CN1CCNCC1)C(=O)OC(C)(C)C. The van der Waals surface area contributed by atoms with E-state index in [-0.39, 0.29) is 17.5 Å². The summed E-state index contributed by atoms with van der Waals surface area (Å²) in [6.45, 7) is 12.7. The maximum absolute atomic E-state index is 12.0. The molecule has 0 radical (unpaired) electrons. The fourth-order valence-electron chi connectivity index (χ4n) is 1.96. The molecule has 0 amide bonds. The summed E-state index contributed by atoms with van der Waals surface area (Å²) in [6, 6.07) is 0. The molecule has 1 N–H and O–H groups in total. The summed E-state index contributed by atoms with van der Waals surface area (Å²) in [4.78, 5) is 14.3. The summed E-state index contributed by atoms with van der Waals surface area (Å²) in [6.07, 6.45) is 0.846. The van der Waals surface area contributed by atoms with E-state index in [4.69, 9.17) is 4.74 Å². The minimum Gasteiger partial charge on any atom is -0.460 e. The number of nitrogens with one attached hydrogen (secondary N) is 1. The van der Waals surface area contributed by atoms with Crippen LogP contribution in [0.1, 0.15) is 34.1 Å². The Kier molecular flexibility index (Phi) is 5.40. The second-order valence-electron chi connectivity index (χ2n) is 5.69. The van der Waals surface area contributed by atoms with Gasteiger partial charge in [-0.05, 0) is 27.2 Å². The van der Waals surface area contributed by atoms with Crippen molar-refractivity contribution in [3.05, 3.63) is 0 Å². The third kappa shape index (κ3) is 5.50. The van der Waals surface area contributed by atoms with Gasteiger partial charge in [-0.15, -0.1) is 0 Å². The van der Waals surface area contributed by atoms with Gasteiger partial charge in [-0.3, -0.25) is 9.69 Å². The minimum atomic E-state index is -0.381. The molecule has 0 bridgehead atoms. The second-order valence-corrected chi connectivity index (χ2v) is 5.69. The zero-order valence-corrected chi connectivity index (χ0v) is 11.6. The molecule has 4 nitrogen and oxygen atoms in total. The number of ether oxygens (including phenoxy) is 1. The normalized spacial score (nSPS) is 20.0. The zero-order chi connectivity index (χ0) is 12.9. The molecule has 0 spiro atoms. The van der Waals surface area contributed by atoms with E-state index in [1.54, 1.807) is 0 Å². The monoisotopic (exact) mass is 242 g/mol. The third-order valence-corrected chi connectivity index (χ3v) is 2.92. The van der Waals surface area contributed by atoms with Crippen molar-refractivity contribution in [1.82, 2.24) is 10.2 Å². The number of carbonyl (C=O) groups excluding carboxylic acids is 1. The van der Waals surface area contributed by atoms with Gasteiger partial charge in [0.25, 0.3) is 0 Å². The first kappa shape index (κ1) is 14.5. The van der Waals surface area contributed by atoms with E-state index in [0.717, 1.165) is 39.1 Å². The molecule has 100 valence electrons. The first-order chi connectivity index (χ1) is 7.92. The average Bonchev–Trinajstić information content (AvgIpc) is 2.24. The van der Waals surface area contributed by atoms with Crippen LogP contribution >= 0.6 is 0 Å². The van der Waals surface area contributed by atoms with Crippen molar-refractivity contribution < 1.29 is 9.53 Å². The van der Waals surface area contributed by atoms with Crippen LogP contribution in [0.15, 0.2) is 0 Å². The summed E-state index contributed by atoms with van der Waals surface area (Å²) in [5.41, 5.74) is -0.381. The number of nitrogens with zero attached hydrogens (tertiary/aromatic N) is 1. The van der Waals surface area contributed by atoms with Crippen molar-refractivity contribution in [2.24, 2.45) is 5.92 Å². The van der Waals surface area contributed by atoms with Gasteiger partial charge in [0.2, 0.25) is 0 Å². The summed E-state index contributed by atoms with van der Waals surface area (Å²) in [5.74, 6) is -0.0501. The van der Waals surface area contributed by atoms with E-state index < -0.39 is 0 Å². The number of carbonyl (C=O) groups is 1. The van der Waals surface area contributed by atoms with Gasteiger partial charge < -0.3 is 10.1 Å². The fraction of sp³-hybridized carbons (Fsp3) is 0.923. The lowest BCUT2D eigenvalue weighted by molar-refractivity contribution is -0.160. The van der Waals surface area contributed by atoms with Crippen LogP contribution in [0.2, 0.25) is 0 Å². The van der Waals surface area contributed by atoms with Gasteiger partial charge in [-0.1, -0.05) is 6.92 Å². The molecule has 0 saturated carbocycles.